The summed E-state index contributed by atoms with van der Waals surface area (Å²) in [6, 6.07) is 8.41. The maximum atomic E-state index is 12.8. The molecule has 1 saturated heterocycles. The highest BCUT2D eigenvalue weighted by molar-refractivity contribution is 7.90. The van der Waals surface area contributed by atoms with Crippen molar-refractivity contribution in [3.05, 3.63) is 42.1 Å². The smallest absolute Gasteiger partial charge is 0.311 e. The van der Waals surface area contributed by atoms with Gasteiger partial charge in [-0.1, -0.05) is 12.1 Å². The molecule has 11 heteroatoms. The van der Waals surface area contributed by atoms with Crippen molar-refractivity contribution in [2.45, 2.75) is 50.7 Å². The average molecular weight is 474 g/mol. The molecule has 2 aliphatic rings. The van der Waals surface area contributed by atoms with Crippen LogP contribution in [0.1, 0.15) is 45.2 Å². The summed E-state index contributed by atoms with van der Waals surface area (Å²) in [5.74, 6) is -0.543. The largest absolute Gasteiger partial charge is 0.452 e. The minimum absolute atomic E-state index is 0.0637. The molecule has 176 valence electrons. The molecule has 4 rings (SSSR count). The Bertz CT molecular complexity index is 1200. The number of hydrogen-bond acceptors (Lipinski definition) is 7. The number of amidine groups is 1. The van der Waals surface area contributed by atoms with Gasteiger partial charge < -0.3 is 15.0 Å². The van der Waals surface area contributed by atoms with Crippen LogP contribution in [0.3, 0.4) is 0 Å². The van der Waals surface area contributed by atoms with Crippen molar-refractivity contribution in [1.82, 2.24) is 14.7 Å². The van der Waals surface area contributed by atoms with Crippen molar-refractivity contribution in [2.24, 2.45) is 10.3 Å². The Hall–Kier alpha value is -3.21. The Labute approximate surface area is 192 Å². The van der Waals surface area contributed by atoms with Crippen LogP contribution < -0.4 is 5.32 Å². The molecule has 0 saturated carbocycles. The third-order valence-electron chi connectivity index (χ3n) is 5.74. The summed E-state index contributed by atoms with van der Waals surface area (Å²) < 4.78 is 35.8. The Balaban J connectivity index is 1.40. The topological polar surface area (TPSA) is 123 Å². The normalized spacial score (nSPS) is 20.2. The van der Waals surface area contributed by atoms with Crippen molar-refractivity contribution in [1.29, 1.82) is 0 Å². The molecule has 33 heavy (non-hydrogen) atoms. The number of sulfonamides is 1. The standard InChI is InChI=1S/C22H27N5O5S/c1-14(2)27-19(10-11-23-27)24-21(28)15(3)32-22(29)16-7-6-12-26(13-16)20-17-8-4-5-9-18(17)33(30,31)25-20/h4-5,8-11,14-16H,6-7,12-13H2,1-3H3,(H,24,28)/t15-,16-/m0/s1. The molecule has 1 N–H and O–H groups in total. The van der Waals surface area contributed by atoms with Gasteiger partial charge in [0.1, 0.15) is 10.7 Å². The number of carbonyl (C=O) groups is 2. The SMILES string of the molecule is CC(C)n1nccc1NC(=O)[C@H](C)OC(=O)[C@H]1CCCN(C2=NS(=O)(=O)c3ccccc32)C1. The van der Waals surface area contributed by atoms with Crippen molar-refractivity contribution < 1.29 is 22.7 Å². The highest BCUT2D eigenvalue weighted by Gasteiger charge is 2.36. The summed E-state index contributed by atoms with van der Waals surface area (Å²) in [6.07, 6.45) is 1.86. The fraction of sp³-hybridized carbons (Fsp3) is 0.455. The highest BCUT2D eigenvalue weighted by Crippen LogP contribution is 2.30. The number of benzene rings is 1. The van der Waals surface area contributed by atoms with Gasteiger partial charge in [-0.2, -0.15) is 13.5 Å². The summed E-state index contributed by atoms with van der Waals surface area (Å²) in [5.41, 5.74) is 0.543. The first-order valence-electron chi connectivity index (χ1n) is 10.9. The summed E-state index contributed by atoms with van der Waals surface area (Å²) >= 11 is 0. The minimum atomic E-state index is -3.74. The van der Waals surface area contributed by atoms with Crippen LogP contribution in [0.4, 0.5) is 5.82 Å². The number of nitrogens with one attached hydrogen (secondary N) is 1. The van der Waals surface area contributed by atoms with E-state index in [0.29, 0.717) is 36.6 Å². The summed E-state index contributed by atoms with van der Waals surface area (Å²) in [7, 11) is -3.74. The number of fused-ring (bicyclic) bond motifs is 1. The van der Waals surface area contributed by atoms with E-state index in [9.17, 15) is 18.0 Å². The maximum Gasteiger partial charge on any atom is 0.311 e. The molecular formula is C22H27N5O5S. The fourth-order valence-corrected chi connectivity index (χ4v) is 5.28. The molecule has 3 heterocycles. The summed E-state index contributed by atoms with van der Waals surface area (Å²) in [5, 5.41) is 6.91. The van der Waals surface area contributed by atoms with Crippen LogP contribution in [0, 0.1) is 5.92 Å². The van der Waals surface area contributed by atoms with Crippen LogP contribution in [0.5, 0.6) is 0 Å². The Kier molecular flexibility index (Phi) is 6.24. The van der Waals surface area contributed by atoms with Crippen molar-refractivity contribution in [3.8, 4) is 0 Å². The van der Waals surface area contributed by atoms with Gasteiger partial charge in [0.15, 0.2) is 11.9 Å². The molecule has 1 aromatic heterocycles. The van der Waals surface area contributed by atoms with Gasteiger partial charge in [0.2, 0.25) is 0 Å². The lowest BCUT2D eigenvalue weighted by atomic mass is 9.97. The number of carbonyl (C=O) groups excluding carboxylic acids is 2. The molecule has 2 atom stereocenters. The van der Waals surface area contributed by atoms with Gasteiger partial charge in [0.25, 0.3) is 15.9 Å². The van der Waals surface area contributed by atoms with Gasteiger partial charge in [0.05, 0.1) is 12.1 Å². The molecule has 2 aliphatic heterocycles. The van der Waals surface area contributed by atoms with E-state index in [1.807, 2.05) is 18.7 Å². The third-order valence-corrected chi connectivity index (χ3v) is 7.06. The number of aromatic nitrogens is 2. The van der Waals surface area contributed by atoms with Crippen LogP contribution in [0.25, 0.3) is 0 Å². The number of nitrogens with zero attached hydrogens (tertiary/aromatic N) is 4. The maximum absolute atomic E-state index is 12.8. The van der Waals surface area contributed by atoms with Gasteiger partial charge in [-0.3, -0.25) is 9.59 Å². The van der Waals surface area contributed by atoms with Crippen molar-refractivity contribution in [2.75, 3.05) is 18.4 Å². The first-order valence-corrected chi connectivity index (χ1v) is 12.4. The van der Waals surface area contributed by atoms with E-state index in [0.717, 1.165) is 0 Å². The number of amides is 1. The van der Waals surface area contributed by atoms with Crippen LogP contribution in [0.2, 0.25) is 0 Å². The second-order valence-corrected chi connectivity index (χ2v) is 10.1. The predicted molar refractivity (Wildman–Crippen MR) is 121 cm³/mol. The van der Waals surface area contributed by atoms with Crippen LogP contribution >= 0.6 is 0 Å². The van der Waals surface area contributed by atoms with E-state index in [1.54, 1.807) is 35.1 Å². The molecule has 0 radical (unpaired) electrons. The fourth-order valence-electron chi connectivity index (χ4n) is 4.06. The molecule has 2 aromatic rings. The van der Waals surface area contributed by atoms with E-state index in [4.69, 9.17) is 4.74 Å². The van der Waals surface area contributed by atoms with E-state index < -0.39 is 33.9 Å². The van der Waals surface area contributed by atoms with E-state index in [-0.39, 0.29) is 17.5 Å². The Morgan fingerprint density at radius 2 is 1.94 bits per heavy atom. The quantitative estimate of drug-likeness (QED) is 0.660. The third kappa shape index (κ3) is 4.63. The van der Waals surface area contributed by atoms with E-state index in [1.165, 1.54) is 13.0 Å². The zero-order valence-corrected chi connectivity index (χ0v) is 19.6. The monoisotopic (exact) mass is 473 g/mol. The van der Waals surface area contributed by atoms with Crippen molar-refractivity contribution >= 4 is 33.6 Å². The number of piperidine rings is 1. The van der Waals surface area contributed by atoms with Gasteiger partial charge in [-0.15, -0.1) is 4.40 Å². The predicted octanol–water partition coefficient (Wildman–Crippen LogP) is 2.20. The number of anilines is 1. The molecular weight excluding hydrogens is 446 g/mol. The zero-order valence-electron chi connectivity index (χ0n) is 18.8. The van der Waals surface area contributed by atoms with Gasteiger partial charge >= 0.3 is 5.97 Å². The molecule has 1 fully saturated rings. The Morgan fingerprint density at radius 1 is 1.18 bits per heavy atom. The van der Waals surface area contributed by atoms with Crippen LogP contribution in [0.15, 0.2) is 45.8 Å². The summed E-state index contributed by atoms with van der Waals surface area (Å²) in [4.78, 5) is 27.4. The number of likely N-dealkylation sites (tertiary alicyclic amines) is 1. The minimum Gasteiger partial charge on any atom is -0.452 e. The number of hydrogen-bond donors (Lipinski definition) is 1. The lowest BCUT2D eigenvalue weighted by Gasteiger charge is -2.33. The van der Waals surface area contributed by atoms with Crippen LogP contribution in [-0.2, 0) is 24.3 Å². The highest BCUT2D eigenvalue weighted by atomic mass is 32.2. The van der Waals surface area contributed by atoms with Crippen LogP contribution in [-0.4, -0.2) is 60.0 Å². The first kappa shape index (κ1) is 23.0. The second kappa shape index (κ2) is 8.97. The van der Waals surface area contributed by atoms with Gasteiger partial charge in [-0.25, -0.2) is 4.68 Å². The molecule has 10 nitrogen and oxygen atoms in total. The first-order chi connectivity index (χ1) is 15.7. The van der Waals surface area contributed by atoms with Crippen molar-refractivity contribution in [3.63, 3.8) is 0 Å². The van der Waals surface area contributed by atoms with E-state index >= 15 is 0 Å². The molecule has 0 unspecified atom stereocenters. The molecule has 1 aromatic carbocycles. The average Bonchev–Trinajstić information content (AvgIpc) is 3.36. The zero-order chi connectivity index (χ0) is 23.8. The Morgan fingerprint density at radius 3 is 2.70 bits per heavy atom. The molecule has 0 bridgehead atoms. The van der Waals surface area contributed by atoms with Gasteiger partial charge in [-0.05, 0) is 45.7 Å². The van der Waals surface area contributed by atoms with Gasteiger partial charge in [0, 0.05) is 30.8 Å². The summed E-state index contributed by atoms with van der Waals surface area (Å²) in [6.45, 7) is 6.27. The lowest BCUT2D eigenvalue weighted by molar-refractivity contribution is -0.158. The second-order valence-electron chi connectivity index (χ2n) is 8.49. The number of ether oxygens (including phenoxy) is 1. The lowest BCUT2D eigenvalue weighted by Crippen LogP contribution is -2.44. The molecule has 1 amide bonds. The number of esters is 1. The molecule has 0 spiro atoms. The molecule has 0 aliphatic carbocycles. The van der Waals surface area contributed by atoms with E-state index in [2.05, 4.69) is 14.8 Å². The number of rotatable bonds is 5.